The second-order valence-electron chi connectivity index (χ2n) is 8.27. The highest BCUT2D eigenvalue weighted by Gasteiger charge is 2.29. The summed E-state index contributed by atoms with van der Waals surface area (Å²) >= 11 is 0. The molecule has 5 heteroatoms. The molecular weight excluding hydrogens is 326 g/mol. The van der Waals surface area contributed by atoms with Crippen molar-refractivity contribution in [1.29, 1.82) is 0 Å². The van der Waals surface area contributed by atoms with Crippen molar-refractivity contribution in [3.05, 3.63) is 47.9 Å². The van der Waals surface area contributed by atoms with Crippen LogP contribution in [0.25, 0.3) is 0 Å². The van der Waals surface area contributed by atoms with E-state index < -0.39 is 0 Å². The Balaban J connectivity index is 1.60. The number of amides is 1. The number of hydrogen-bond acceptors (Lipinski definition) is 4. The number of aromatic nitrogens is 1. The fourth-order valence-electron chi connectivity index (χ4n) is 3.49. The summed E-state index contributed by atoms with van der Waals surface area (Å²) in [4.78, 5) is 12.4. The summed E-state index contributed by atoms with van der Waals surface area (Å²) in [5.41, 5.74) is 1.80. The molecule has 0 unspecified atom stereocenters. The molecule has 0 spiro atoms. The Labute approximate surface area is 155 Å². The highest BCUT2D eigenvalue weighted by Crippen LogP contribution is 2.28. The number of nitrogens with zero attached hydrogens (tertiary/aromatic N) is 1. The number of piperidine rings is 1. The van der Waals surface area contributed by atoms with Gasteiger partial charge in [0.25, 0.3) is 0 Å². The Morgan fingerprint density at radius 2 is 2.04 bits per heavy atom. The largest absolute Gasteiger partial charge is 0.361 e. The summed E-state index contributed by atoms with van der Waals surface area (Å²) in [7, 11) is 0. The average molecular weight is 355 g/mol. The van der Waals surface area contributed by atoms with Crippen LogP contribution < -0.4 is 10.6 Å². The molecule has 1 aromatic heterocycles. The van der Waals surface area contributed by atoms with Crippen LogP contribution in [0.15, 0.2) is 40.9 Å². The fraction of sp³-hybridized carbons (Fsp3) is 0.524. The lowest BCUT2D eigenvalue weighted by molar-refractivity contribution is -0.117. The smallest absolute Gasteiger partial charge is 0.224 e. The highest BCUT2D eigenvalue weighted by atomic mass is 16.5. The Hall–Kier alpha value is -2.14. The number of nitrogens with one attached hydrogen (secondary N) is 2. The number of anilines is 1. The lowest BCUT2D eigenvalue weighted by Crippen LogP contribution is -2.39. The third-order valence-electron chi connectivity index (χ3n) is 5.04. The third kappa shape index (κ3) is 4.94. The van der Waals surface area contributed by atoms with Crippen molar-refractivity contribution in [1.82, 2.24) is 10.5 Å². The molecule has 2 aromatic rings. The van der Waals surface area contributed by atoms with E-state index in [1.54, 1.807) is 0 Å². The Bertz CT molecular complexity index is 718. The zero-order valence-corrected chi connectivity index (χ0v) is 15.9. The number of carbonyl (C=O) groups excluding carboxylic acids is 1. The van der Waals surface area contributed by atoms with Crippen LogP contribution in [0, 0.1) is 11.8 Å². The average Bonchev–Trinajstić information content (AvgIpc) is 3.06. The van der Waals surface area contributed by atoms with Crippen LogP contribution in [0.5, 0.6) is 0 Å². The van der Waals surface area contributed by atoms with Crippen molar-refractivity contribution in [2.75, 3.05) is 18.4 Å². The van der Waals surface area contributed by atoms with E-state index in [2.05, 4.69) is 42.6 Å². The summed E-state index contributed by atoms with van der Waals surface area (Å²) in [5.74, 6) is 1.75. The van der Waals surface area contributed by atoms with E-state index in [1.165, 1.54) is 0 Å². The van der Waals surface area contributed by atoms with Gasteiger partial charge in [-0.3, -0.25) is 4.79 Å². The Morgan fingerprint density at radius 3 is 2.73 bits per heavy atom. The van der Waals surface area contributed by atoms with Gasteiger partial charge in [-0.05, 0) is 49.9 Å². The van der Waals surface area contributed by atoms with E-state index >= 15 is 0 Å². The molecule has 3 rings (SSSR count). The van der Waals surface area contributed by atoms with Crippen molar-refractivity contribution in [3.8, 4) is 0 Å². The van der Waals surface area contributed by atoms with Gasteiger partial charge in [0, 0.05) is 23.6 Å². The summed E-state index contributed by atoms with van der Waals surface area (Å²) < 4.78 is 5.52. The summed E-state index contributed by atoms with van der Waals surface area (Å²) in [6, 6.07) is 11.7. The maximum absolute atomic E-state index is 12.4. The number of benzene rings is 1. The molecule has 1 amide bonds. The predicted molar refractivity (Wildman–Crippen MR) is 103 cm³/mol. The molecule has 2 atom stereocenters. The first-order valence-electron chi connectivity index (χ1n) is 9.43. The molecule has 0 saturated carbocycles. The van der Waals surface area contributed by atoms with Gasteiger partial charge >= 0.3 is 0 Å². The molecule has 140 valence electrons. The molecule has 5 nitrogen and oxygen atoms in total. The summed E-state index contributed by atoms with van der Waals surface area (Å²) in [6.07, 6.45) is 2.40. The van der Waals surface area contributed by atoms with Gasteiger partial charge in [-0.25, -0.2) is 0 Å². The van der Waals surface area contributed by atoms with Crippen LogP contribution in [0.3, 0.4) is 0 Å². The van der Waals surface area contributed by atoms with Crippen LogP contribution in [0.1, 0.15) is 45.1 Å². The molecule has 2 N–H and O–H groups in total. The normalized spacial score (nSPS) is 20.7. The maximum Gasteiger partial charge on any atom is 0.224 e. The quantitative estimate of drug-likeness (QED) is 0.857. The zero-order valence-electron chi connectivity index (χ0n) is 15.9. The first-order chi connectivity index (χ1) is 12.4. The molecule has 1 saturated heterocycles. The van der Waals surface area contributed by atoms with Gasteiger partial charge in [-0.1, -0.05) is 44.1 Å². The van der Waals surface area contributed by atoms with Crippen molar-refractivity contribution in [3.63, 3.8) is 0 Å². The van der Waals surface area contributed by atoms with Gasteiger partial charge in [0.1, 0.15) is 5.76 Å². The molecular formula is C21H29N3O2. The molecule has 1 aliphatic heterocycles. The molecule has 0 radical (unpaired) electrons. The summed E-state index contributed by atoms with van der Waals surface area (Å²) in [6.45, 7) is 8.25. The van der Waals surface area contributed by atoms with E-state index in [0.29, 0.717) is 18.3 Å². The first-order valence-corrected chi connectivity index (χ1v) is 9.43. The van der Waals surface area contributed by atoms with E-state index in [0.717, 1.165) is 43.1 Å². The highest BCUT2D eigenvalue weighted by molar-refractivity contribution is 5.90. The first kappa shape index (κ1) is 18.6. The van der Waals surface area contributed by atoms with Crippen molar-refractivity contribution in [2.24, 2.45) is 11.8 Å². The van der Waals surface area contributed by atoms with Crippen molar-refractivity contribution >= 4 is 11.6 Å². The second kappa shape index (κ2) is 8.04. The van der Waals surface area contributed by atoms with Crippen molar-refractivity contribution < 1.29 is 9.32 Å². The number of para-hydroxylation sites is 1. The molecule has 26 heavy (non-hydrogen) atoms. The molecule has 2 heterocycles. The lowest BCUT2D eigenvalue weighted by Gasteiger charge is -2.31. The minimum atomic E-state index is -0.0367. The van der Waals surface area contributed by atoms with Gasteiger partial charge in [0.15, 0.2) is 0 Å². The Morgan fingerprint density at radius 1 is 1.27 bits per heavy atom. The number of carbonyl (C=O) groups is 1. The van der Waals surface area contributed by atoms with Gasteiger partial charge in [0.05, 0.1) is 5.69 Å². The van der Waals surface area contributed by atoms with Gasteiger partial charge in [-0.15, -0.1) is 0 Å². The molecule has 1 fully saturated rings. The molecule has 1 aromatic carbocycles. The monoisotopic (exact) mass is 355 g/mol. The standard InChI is InChI=1S/C21H29N3O2/c1-21(2,3)19-13-18(24-26-19)11-16-14-22-10-9-15(16)12-20(25)23-17-7-5-4-6-8-17/h4-8,13,15-16,22H,9-12,14H2,1-3H3,(H,23,25)/t15-,16+/m0/s1. The minimum absolute atomic E-state index is 0.0367. The SMILES string of the molecule is CC(C)(C)c1cc(C[C@@H]2CNCC[C@H]2CC(=O)Nc2ccccc2)no1. The molecule has 1 aliphatic rings. The van der Waals surface area contributed by atoms with Gasteiger partial charge in [-0.2, -0.15) is 0 Å². The third-order valence-corrected chi connectivity index (χ3v) is 5.04. The number of rotatable bonds is 5. The second-order valence-corrected chi connectivity index (χ2v) is 8.27. The van der Waals surface area contributed by atoms with E-state index in [1.807, 2.05) is 30.3 Å². The maximum atomic E-state index is 12.4. The van der Waals surface area contributed by atoms with E-state index in [4.69, 9.17) is 4.52 Å². The van der Waals surface area contributed by atoms with Crippen LogP contribution >= 0.6 is 0 Å². The Kier molecular flexibility index (Phi) is 5.77. The van der Waals surface area contributed by atoms with Gasteiger partial charge in [0.2, 0.25) is 5.91 Å². The fourth-order valence-corrected chi connectivity index (χ4v) is 3.49. The topological polar surface area (TPSA) is 67.2 Å². The predicted octanol–water partition coefficient (Wildman–Crippen LogP) is 3.77. The molecule has 0 bridgehead atoms. The van der Waals surface area contributed by atoms with Crippen molar-refractivity contribution in [2.45, 2.75) is 45.4 Å². The van der Waals surface area contributed by atoms with Crippen LogP contribution in [0.4, 0.5) is 5.69 Å². The minimum Gasteiger partial charge on any atom is -0.361 e. The molecule has 0 aliphatic carbocycles. The summed E-state index contributed by atoms with van der Waals surface area (Å²) in [5, 5.41) is 10.7. The van der Waals surface area contributed by atoms with Crippen LogP contribution in [-0.2, 0) is 16.6 Å². The van der Waals surface area contributed by atoms with Gasteiger partial charge < -0.3 is 15.2 Å². The van der Waals surface area contributed by atoms with E-state index in [-0.39, 0.29) is 11.3 Å². The van der Waals surface area contributed by atoms with Crippen LogP contribution in [-0.4, -0.2) is 24.2 Å². The lowest BCUT2D eigenvalue weighted by atomic mass is 9.81. The van der Waals surface area contributed by atoms with E-state index in [9.17, 15) is 4.79 Å². The number of hydrogen-bond donors (Lipinski definition) is 2. The zero-order chi connectivity index (χ0) is 18.6. The van der Waals surface area contributed by atoms with Crippen LogP contribution in [0.2, 0.25) is 0 Å².